The molecule has 0 aromatic heterocycles. The highest BCUT2D eigenvalue weighted by Gasteiger charge is 2.34. The second-order valence-electron chi connectivity index (χ2n) is 5.87. The Bertz CT molecular complexity index is 1190. The van der Waals surface area contributed by atoms with Crippen LogP contribution in [0.15, 0.2) is 10.3 Å². The SMILES string of the molecule is O=S(CS(=O)C(F)=C(F)c1c(F)c(F)c(F)c(F)c1F)C(F)=C(F)c1c(F)c(F)c(F)c(F)c1F. The van der Waals surface area contributed by atoms with Gasteiger partial charge in [-0.15, -0.1) is 0 Å². The van der Waals surface area contributed by atoms with Crippen LogP contribution in [0.4, 0.5) is 61.5 Å². The topological polar surface area (TPSA) is 34.1 Å². The summed E-state index contributed by atoms with van der Waals surface area (Å²) in [6, 6.07) is 0. The molecule has 0 N–H and O–H groups in total. The molecule has 192 valence electrons. The zero-order valence-electron chi connectivity index (χ0n) is 15.6. The molecule has 0 spiro atoms. The quantitative estimate of drug-likeness (QED) is 0.231. The standard InChI is InChI=1S/C17H2F14O2S2/c18-4-2(5(19)11(25)14(28)10(4)24)8(22)16(30)34(32)1-35(33)17(31)9(23)3-6(20)12(26)15(29)13(27)7(3)21/h1H2. The van der Waals surface area contributed by atoms with Crippen LogP contribution < -0.4 is 0 Å². The molecule has 2 atom stereocenters. The smallest absolute Gasteiger partial charge is 0.224 e. The van der Waals surface area contributed by atoms with E-state index in [1.54, 1.807) is 0 Å². The Morgan fingerprint density at radius 1 is 0.429 bits per heavy atom. The summed E-state index contributed by atoms with van der Waals surface area (Å²) in [5, 5.41) is -7.92. The van der Waals surface area contributed by atoms with Crippen molar-refractivity contribution in [2.45, 2.75) is 0 Å². The molecular formula is C17H2F14O2S2. The van der Waals surface area contributed by atoms with Gasteiger partial charge in [0.05, 0.1) is 32.7 Å². The normalized spacial score (nSPS) is 15.0. The van der Waals surface area contributed by atoms with Crippen LogP contribution in [-0.2, 0) is 21.6 Å². The van der Waals surface area contributed by atoms with Gasteiger partial charge >= 0.3 is 0 Å². The average Bonchev–Trinajstić information content (AvgIpc) is 2.82. The molecule has 0 bridgehead atoms. The first-order valence-electron chi connectivity index (χ1n) is 7.96. The predicted molar refractivity (Wildman–Crippen MR) is 91.9 cm³/mol. The molecule has 0 aliphatic carbocycles. The fourth-order valence-corrected chi connectivity index (χ4v) is 4.40. The first-order chi connectivity index (χ1) is 16.1. The van der Waals surface area contributed by atoms with Crippen molar-refractivity contribution < 1.29 is 69.9 Å². The molecule has 35 heavy (non-hydrogen) atoms. The summed E-state index contributed by atoms with van der Waals surface area (Å²) >= 11 is 0. The lowest BCUT2D eigenvalue weighted by molar-refractivity contribution is 0.374. The molecule has 0 saturated carbocycles. The van der Waals surface area contributed by atoms with E-state index in [9.17, 15) is 69.9 Å². The van der Waals surface area contributed by atoms with E-state index in [0.29, 0.717) is 0 Å². The van der Waals surface area contributed by atoms with Crippen molar-refractivity contribution in [3.8, 4) is 0 Å². The maximum atomic E-state index is 14.0. The Balaban J connectivity index is 2.49. The van der Waals surface area contributed by atoms with E-state index >= 15 is 0 Å². The second kappa shape index (κ2) is 10.5. The van der Waals surface area contributed by atoms with Crippen molar-refractivity contribution in [1.82, 2.24) is 0 Å². The van der Waals surface area contributed by atoms with Crippen LogP contribution in [0.2, 0.25) is 0 Å². The van der Waals surface area contributed by atoms with Crippen LogP contribution >= 0.6 is 0 Å². The van der Waals surface area contributed by atoms with E-state index < -0.39 is 118 Å². The van der Waals surface area contributed by atoms with Gasteiger partial charge in [0, 0.05) is 0 Å². The van der Waals surface area contributed by atoms with Crippen molar-refractivity contribution in [3.05, 3.63) is 79.6 Å². The molecule has 2 aromatic carbocycles. The highest BCUT2D eigenvalue weighted by molar-refractivity contribution is 8.05. The van der Waals surface area contributed by atoms with Crippen LogP contribution in [-0.4, -0.2) is 13.5 Å². The van der Waals surface area contributed by atoms with E-state index in [2.05, 4.69) is 0 Å². The third-order valence-corrected chi connectivity index (χ3v) is 6.69. The lowest BCUT2D eigenvalue weighted by atomic mass is 10.1. The molecule has 0 aliphatic heterocycles. The third-order valence-electron chi connectivity index (χ3n) is 3.82. The van der Waals surface area contributed by atoms with E-state index in [0.717, 1.165) is 0 Å². The van der Waals surface area contributed by atoms with Crippen LogP contribution in [0.25, 0.3) is 11.7 Å². The summed E-state index contributed by atoms with van der Waals surface area (Å²) in [7, 11) is -7.70. The van der Waals surface area contributed by atoms with Crippen molar-refractivity contribution in [2.24, 2.45) is 0 Å². The Morgan fingerprint density at radius 3 is 0.857 bits per heavy atom. The zero-order chi connectivity index (χ0) is 27.1. The van der Waals surface area contributed by atoms with Crippen LogP contribution in [0, 0.1) is 58.2 Å². The Morgan fingerprint density at radius 2 is 0.629 bits per heavy atom. The first-order valence-corrected chi connectivity index (χ1v) is 10.6. The molecule has 0 amide bonds. The summed E-state index contributed by atoms with van der Waals surface area (Å²) in [6.07, 6.45) is 0. The molecule has 2 unspecified atom stereocenters. The Kier molecular flexibility index (Phi) is 8.52. The largest absolute Gasteiger partial charge is 0.251 e. The van der Waals surface area contributed by atoms with E-state index in [1.165, 1.54) is 0 Å². The summed E-state index contributed by atoms with van der Waals surface area (Å²) < 4.78 is 212. The lowest BCUT2D eigenvalue weighted by Gasteiger charge is -2.08. The van der Waals surface area contributed by atoms with Crippen molar-refractivity contribution in [2.75, 3.05) is 5.08 Å². The van der Waals surface area contributed by atoms with Gasteiger partial charge in [0.1, 0.15) is 5.08 Å². The Labute approximate surface area is 188 Å². The van der Waals surface area contributed by atoms with Gasteiger partial charge in [0.2, 0.25) is 22.0 Å². The molecule has 18 heteroatoms. The molecule has 2 aromatic rings. The second-order valence-corrected chi connectivity index (χ2v) is 8.92. The molecule has 0 heterocycles. The van der Waals surface area contributed by atoms with Gasteiger partial charge in [-0.25, -0.2) is 52.7 Å². The maximum absolute atomic E-state index is 14.0. The van der Waals surface area contributed by atoms with Gasteiger partial charge in [-0.1, -0.05) is 0 Å². The maximum Gasteiger partial charge on any atom is 0.224 e. The summed E-state index contributed by atoms with van der Waals surface area (Å²) in [6.45, 7) is 0. The van der Waals surface area contributed by atoms with Gasteiger partial charge < -0.3 is 0 Å². The van der Waals surface area contributed by atoms with Crippen molar-refractivity contribution in [3.63, 3.8) is 0 Å². The van der Waals surface area contributed by atoms with Crippen LogP contribution in [0.1, 0.15) is 11.1 Å². The highest BCUT2D eigenvalue weighted by atomic mass is 32.2. The van der Waals surface area contributed by atoms with Crippen LogP contribution in [0.5, 0.6) is 0 Å². The summed E-state index contributed by atoms with van der Waals surface area (Å²) in [4.78, 5) is 0. The van der Waals surface area contributed by atoms with Gasteiger partial charge in [0.15, 0.2) is 58.2 Å². The number of hydrogen-bond acceptors (Lipinski definition) is 2. The van der Waals surface area contributed by atoms with Crippen molar-refractivity contribution in [1.29, 1.82) is 0 Å². The number of benzene rings is 2. The van der Waals surface area contributed by atoms with Gasteiger partial charge in [-0.05, 0) is 0 Å². The van der Waals surface area contributed by atoms with Gasteiger partial charge in [-0.2, -0.15) is 8.78 Å². The lowest BCUT2D eigenvalue weighted by Crippen LogP contribution is -2.11. The molecule has 0 radical (unpaired) electrons. The van der Waals surface area contributed by atoms with Gasteiger partial charge in [-0.3, -0.25) is 8.42 Å². The fourth-order valence-electron chi connectivity index (χ4n) is 2.19. The van der Waals surface area contributed by atoms with E-state index in [1.807, 2.05) is 0 Å². The van der Waals surface area contributed by atoms with E-state index in [4.69, 9.17) is 0 Å². The molecule has 0 fully saturated rings. The van der Waals surface area contributed by atoms with Crippen molar-refractivity contribution >= 4 is 33.3 Å². The third kappa shape index (κ3) is 4.98. The molecule has 2 rings (SSSR count). The highest BCUT2D eigenvalue weighted by Crippen LogP contribution is 2.35. The average molecular weight is 568 g/mol. The number of halogens is 14. The molecule has 0 saturated heterocycles. The van der Waals surface area contributed by atoms with E-state index in [-0.39, 0.29) is 0 Å². The Hall–Kier alpha value is -2.76. The molecular weight excluding hydrogens is 566 g/mol. The number of hydrogen-bond donors (Lipinski definition) is 0. The monoisotopic (exact) mass is 568 g/mol. The number of rotatable bonds is 6. The molecule has 0 aliphatic rings. The minimum atomic E-state index is -3.85. The minimum Gasteiger partial charge on any atom is -0.251 e. The zero-order valence-corrected chi connectivity index (χ0v) is 17.3. The first kappa shape index (κ1) is 28.5. The summed E-state index contributed by atoms with van der Waals surface area (Å²) in [5.74, 6) is -34.3. The van der Waals surface area contributed by atoms with Gasteiger partial charge in [0.25, 0.3) is 0 Å². The van der Waals surface area contributed by atoms with Crippen LogP contribution in [0.3, 0.4) is 0 Å². The summed E-state index contributed by atoms with van der Waals surface area (Å²) in [5.41, 5.74) is -5.14. The molecule has 2 nitrogen and oxygen atoms in total. The predicted octanol–water partition coefficient (Wildman–Crippen LogP) is 6.36. The minimum absolute atomic E-state index is 2.12. The fraction of sp³-hybridized carbons (Fsp3) is 0.0588.